The van der Waals surface area contributed by atoms with E-state index in [1.807, 2.05) is 6.92 Å². The largest absolute Gasteiger partial charge is 0.392 e. The maximum Gasteiger partial charge on any atom is 0.139 e. The van der Waals surface area contributed by atoms with Gasteiger partial charge in [0, 0.05) is 13.1 Å². The first-order valence-corrected chi connectivity index (χ1v) is 6.02. The summed E-state index contributed by atoms with van der Waals surface area (Å²) < 4.78 is 5.43. The monoisotopic (exact) mass is 233 g/mol. The zero-order valence-corrected chi connectivity index (χ0v) is 9.85. The van der Waals surface area contributed by atoms with Gasteiger partial charge in [0.1, 0.15) is 4.71 Å². The van der Waals surface area contributed by atoms with Gasteiger partial charge in [-0.2, -0.15) is 0 Å². The minimum Gasteiger partial charge on any atom is -0.392 e. The summed E-state index contributed by atoms with van der Waals surface area (Å²) in [7, 11) is 0. The third-order valence-corrected chi connectivity index (χ3v) is 3.93. The second kappa shape index (κ2) is 4.22. The van der Waals surface area contributed by atoms with E-state index in [2.05, 4.69) is 22.6 Å². The van der Waals surface area contributed by atoms with Crippen molar-refractivity contribution in [3.8, 4) is 0 Å². The number of morpholine rings is 1. The van der Waals surface area contributed by atoms with Gasteiger partial charge < -0.3 is 10.5 Å². The average molecular weight is 233 g/mol. The maximum absolute atomic E-state index is 5.86. The van der Waals surface area contributed by atoms with Crippen LogP contribution in [-0.2, 0) is 4.74 Å². The zero-order valence-electron chi connectivity index (χ0n) is 8.14. The van der Waals surface area contributed by atoms with Gasteiger partial charge in [-0.25, -0.2) is 5.01 Å². The van der Waals surface area contributed by atoms with Gasteiger partial charge in [-0.3, -0.25) is 5.01 Å². The number of hydrogen-bond acceptors (Lipinski definition) is 6. The lowest BCUT2D eigenvalue weighted by Crippen LogP contribution is -2.48. The molecule has 0 aromatic rings. The van der Waals surface area contributed by atoms with Gasteiger partial charge in [0.05, 0.1) is 23.9 Å². The molecule has 80 valence electrons. The highest BCUT2D eigenvalue weighted by Crippen LogP contribution is 2.37. The molecule has 0 bridgehead atoms. The number of allylic oxidation sites excluding steroid dienone is 1. The fourth-order valence-corrected chi connectivity index (χ4v) is 3.19. The van der Waals surface area contributed by atoms with Crippen LogP contribution in [0, 0.1) is 0 Å². The van der Waals surface area contributed by atoms with E-state index in [0.29, 0.717) is 0 Å². The number of nitrogens with zero attached hydrogens (tertiary/aromatic N) is 2. The minimum atomic E-state index is 0.119. The predicted octanol–water partition coefficient (Wildman–Crippen LogP) is 0.644. The van der Waals surface area contributed by atoms with Gasteiger partial charge in [-0.05, 0) is 6.92 Å². The topological polar surface area (TPSA) is 41.7 Å². The fraction of sp³-hybridized carbons (Fsp3) is 0.750. The van der Waals surface area contributed by atoms with Crippen LogP contribution >= 0.6 is 24.4 Å². The lowest BCUT2D eigenvalue weighted by molar-refractivity contribution is -0.0631. The summed E-state index contributed by atoms with van der Waals surface area (Å²) in [6.45, 7) is 5.45. The molecule has 0 aromatic heterocycles. The quantitative estimate of drug-likeness (QED) is 0.651. The average Bonchev–Trinajstić information content (AvgIpc) is 2.43. The highest BCUT2D eigenvalue weighted by atomic mass is 32.2. The van der Waals surface area contributed by atoms with Crippen molar-refractivity contribution in [3.05, 3.63) is 10.7 Å². The predicted molar refractivity (Wildman–Crippen MR) is 61.5 cm³/mol. The number of thioether (sulfide) groups is 1. The Morgan fingerprint density at radius 1 is 1.50 bits per heavy atom. The van der Waals surface area contributed by atoms with Crippen LogP contribution in [0.15, 0.2) is 10.7 Å². The zero-order chi connectivity index (χ0) is 10.1. The molecule has 1 unspecified atom stereocenters. The first-order valence-electron chi connectivity index (χ1n) is 4.63. The Balaban J connectivity index is 2.08. The van der Waals surface area contributed by atoms with Crippen LogP contribution in [0.3, 0.4) is 0 Å². The lowest BCUT2D eigenvalue weighted by Gasteiger charge is -2.38. The molecule has 0 aromatic carbocycles. The number of rotatable bonds is 1. The van der Waals surface area contributed by atoms with Gasteiger partial charge in [0.15, 0.2) is 0 Å². The highest BCUT2D eigenvalue weighted by Gasteiger charge is 2.31. The Morgan fingerprint density at radius 3 is 2.64 bits per heavy atom. The first kappa shape index (κ1) is 10.5. The van der Waals surface area contributed by atoms with E-state index in [9.17, 15) is 0 Å². The van der Waals surface area contributed by atoms with Crippen LogP contribution in [0.25, 0.3) is 0 Å². The molecule has 2 N–H and O–H groups in total. The SMILES string of the molecule is CC1=C(N)SC(S)N1N1CCOCC1. The molecule has 2 aliphatic rings. The molecule has 1 saturated heterocycles. The normalized spacial score (nSPS) is 30.1. The van der Waals surface area contributed by atoms with Crippen LogP contribution < -0.4 is 5.73 Å². The number of hydrazine groups is 1. The highest BCUT2D eigenvalue weighted by molar-refractivity contribution is 8.13. The Labute approximate surface area is 93.8 Å². The summed E-state index contributed by atoms with van der Waals surface area (Å²) in [6.07, 6.45) is 0. The number of ether oxygens (including phenoxy) is 1. The summed E-state index contributed by atoms with van der Waals surface area (Å²) in [5.41, 5.74) is 6.97. The van der Waals surface area contributed by atoms with Crippen LogP contribution in [0.2, 0.25) is 0 Å². The molecule has 1 atom stereocenters. The van der Waals surface area contributed by atoms with Crippen molar-refractivity contribution in [1.82, 2.24) is 10.0 Å². The van der Waals surface area contributed by atoms with E-state index < -0.39 is 0 Å². The second-order valence-electron chi connectivity index (χ2n) is 3.30. The van der Waals surface area contributed by atoms with Crippen molar-refractivity contribution in [2.75, 3.05) is 26.3 Å². The lowest BCUT2D eigenvalue weighted by atomic mass is 10.4. The molecular formula is C8H15N3OS2. The van der Waals surface area contributed by atoms with Crippen molar-refractivity contribution >= 4 is 24.4 Å². The Kier molecular flexibility index (Phi) is 3.16. The van der Waals surface area contributed by atoms with E-state index in [0.717, 1.165) is 37.0 Å². The summed E-state index contributed by atoms with van der Waals surface area (Å²) in [6, 6.07) is 0. The van der Waals surface area contributed by atoms with E-state index in [1.54, 1.807) is 11.8 Å². The summed E-state index contributed by atoms with van der Waals surface area (Å²) in [4.78, 5) is 0. The number of nitrogens with two attached hydrogens (primary N) is 1. The van der Waals surface area contributed by atoms with E-state index >= 15 is 0 Å². The van der Waals surface area contributed by atoms with Crippen LogP contribution in [0.5, 0.6) is 0 Å². The molecular weight excluding hydrogens is 218 g/mol. The van der Waals surface area contributed by atoms with Crippen molar-refractivity contribution in [2.45, 2.75) is 11.6 Å². The van der Waals surface area contributed by atoms with Gasteiger partial charge in [0.25, 0.3) is 0 Å². The van der Waals surface area contributed by atoms with Gasteiger partial charge in [-0.1, -0.05) is 11.8 Å². The number of hydrogen-bond donors (Lipinski definition) is 2. The molecule has 1 fully saturated rings. The minimum absolute atomic E-state index is 0.119. The van der Waals surface area contributed by atoms with Gasteiger partial charge in [-0.15, -0.1) is 12.6 Å². The molecule has 6 heteroatoms. The molecule has 2 aliphatic heterocycles. The van der Waals surface area contributed by atoms with E-state index in [1.165, 1.54) is 0 Å². The van der Waals surface area contributed by atoms with Crippen LogP contribution in [0.4, 0.5) is 0 Å². The summed E-state index contributed by atoms with van der Waals surface area (Å²) in [5, 5.41) is 5.28. The fourth-order valence-electron chi connectivity index (χ4n) is 1.65. The summed E-state index contributed by atoms with van der Waals surface area (Å²) >= 11 is 6.10. The second-order valence-corrected chi connectivity index (χ2v) is 5.26. The maximum atomic E-state index is 5.86. The first-order chi connectivity index (χ1) is 6.70. The summed E-state index contributed by atoms with van der Waals surface area (Å²) in [5.74, 6) is 0. The van der Waals surface area contributed by atoms with Crippen molar-refractivity contribution in [2.24, 2.45) is 5.73 Å². The Hall–Kier alpha value is -0.0400. The third kappa shape index (κ3) is 1.84. The van der Waals surface area contributed by atoms with Crippen molar-refractivity contribution < 1.29 is 4.74 Å². The molecule has 2 rings (SSSR count). The number of thiol groups is 1. The van der Waals surface area contributed by atoms with Crippen LogP contribution in [0.1, 0.15) is 6.92 Å². The van der Waals surface area contributed by atoms with E-state index in [4.69, 9.17) is 10.5 Å². The Bertz CT molecular complexity index is 253. The molecule has 0 amide bonds. The molecule has 0 saturated carbocycles. The standard InChI is InChI=1S/C8H15N3OS2/c1-6-7(9)14-8(13)11(6)10-2-4-12-5-3-10/h8,13H,2-5,9H2,1H3. The molecule has 14 heavy (non-hydrogen) atoms. The van der Waals surface area contributed by atoms with Crippen molar-refractivity contribution in [1.29, 1.82) is 0 Å². The Morgan fingerprint density at radius 2 is 2.14 bits per heavy atom. The molecule has 4 nitrogen and oxygen atoms in total. The molecule has 0 radical (unpaired) electrons. The third-order valence-electron chi connectivity index (χ3n) is 2.43. The molecule has 2 heterocycles. The van der Waals surface area contributed by atoms with E-state index in [-0.39, 0.29) is 4.71 Å². The van der Waals surface area contributed by atoms with Gasteiger partial charge >= 0.3 is 0 Å². The van der Waals surface area contributed by atoms with Crippen molar-refractivity contribution in [3.63, 3.8) is 0 Å². The van der Waals surface area contributed by atoms with Crippen LogP contribution in [-0.4, -0.2) is 41.0 Å². The van der Waals surface area contributed by atoms with Gasteiger partial charge in [0.2, 0.25) is 0 Å². The molecule has 0 aliphatic carbocycles. The molecule has 0 spiro atoms. The smallest absolute Gasteiger partial charge is 0.139 e.